The molecule has 0 saturated carbocycles. The number of benzene rings is 2. The average molecular weight is 299 g/mol. The van der Waals surface area contributed by atoms with Crippen LogP contribution in [0.25, 0.3) is 0 Å². The van der Waals surface area contributed by atoms with Crippen molar-refractivity contribution in [1.82, 2.24) is 0 Å². The van der Waals surface area contributed by atoms with Crippen LogP contribution in [0.2, 0.25) is 0 Å². The molecule has 0 aliphatic heterocycles. The van der Waals surface area contributed by atoms with E-state index in [1.165, 1.54) is 34.6 Å². The van der Waals surface area contributed by atoms with E-state index < -0.39 is 7.26 Å². The lowest BCUT2D eigenvalue weighted by Crippen LogP contribution is -2.27. The number of hydrogen-bond donors (Lipinski definition) is 0. The van der Waals surface area contributed by atoms with Gasteiger partial charge in [0.2, 0.25) is 0 Å². The molecule has 2 rings (SSSR count). The maximum atomic E-state index is 2.42. The summed E-state index contributed by atoms with van der Waals surface area (Å²) in [5.74, 6) is 0. The lowest BCUT2D eigenvalue weighted by atomic mass is 10.2. The predicted molar refractivity (Wildman–Crippen MR) is 99.1 cm³/mol. The summed E-state index contributed by atoms with van der Waals surface area (Å²) in [6, 6.07) is 14.3. The van der Waals surface area contributed by atoms with Crippen LogP contribution in [-0.4, -0.2) is 12.3 Å². The van der Waals surface area contributed by atoms with Crippen molar-refractivity contribution in [2.45, 2.75) is 41.5 Å². The molecule has 0 aromatic heterocycles. The number of rotatable bonds is 4. The van der Waals surface area contributed by atoms with Crippen molar-refractivity contribution in [3.63, 3.8) is 0 Å². The van der Waals surface area contributed by atoms with E-state index >= 15 is 0 Å². The van der Waals surface area contributed by atoms with Gasteiger partial charge in [0.25, 0.3) is 0 Å². The van der Waals surface area contributed by atoms with Gasteiger partial charge in [-0.05, 0) is 88.1 Å². The Morgan fingerprint density at radius 2 is 0.857 bits per heavy atom. The van der Waals surface area contributed by atoms with Crippen LogP contribution in [0, 0.1) is 27.7 Å². The Hall–Kier alpha value is -1.13. The Kier molecular flexibility index (Phi) is 4.89. The third-order valence-corrected chi connectivity index (χ3v) is 9.13. The highest BCUT2D eigenvalue weighted by Crippen LogP contribution is 2.56. The van der Waals surface area contributed by atoms with Crippen LogP contribution in [0.5, 0.6) is 0 Å². The van der Waals surface area contributed by atoms with Gasteiger partial charge in [-0.25, -0.2) is 0 Å². The van der Waals surface area contributed by atoms with Crippen LogP contribution in [0.3, 0.4) is 0 Å². The first-order valence-electron chi connectivity index (χ1n) is 7.96. The van der Waals surface area contributed by atoms with Crippen LogP contribution in [0.1, 0.15) is 36.1 Å². The standard InChI is InChI=1S/C20H28P/c1-7-21(8-2,19-11-15(3)9-16(4)12-19)20-13-17(5)10-18(6)14-20/h9-14H,7-8H2,1-6H3/q+1. The summed E-state index contributed by atoms with van der Waals surface area (Å²) in [6.07, 6.45) is 2.49. The first kappa shape index (κ1) is 16.2. The fraction of sp³-hybridized carbons (Fsp3) is 0.400. The average Bonchev–Trinajstić information content (AvgIpc) is 2.38. The second kappa shape index (κ2) is 6.32. The molecule has 1 heteroatoms. The minimum absolute atomic E-state index is 1.25. The fourth-order valence-electron chi connectivity index (χ4n) is 3.50. The van der Waals surface area contributed by atoms with Crippen LogP contribution < -0.4 is 10.6 Å². The molecule has 0 saturated heterocycles. The topological polar surface area (TPSA) is 0 Å². The molecule has 21 heavy (non-hydrogen) atoms. The van der Waals surface area contributed by atoms with Gasteiger partial charge in [-0.2, -0.15) is 0 Å². The molecule has 0 spiro atoms. The second-order valence-electron chi connectivity index (χ2n) is 6.29. The lowest BCUT2D eigenvalue weighted by Gasteiger charge is -2.26. The monoisotopic (exact) mass is 299 g/mol. The Bertz CT molecular complexity index is 542. The minimum atomic E-state index is -1.27. The van der Waals surface area contributed by atoms with E-state index in [4.69, 9.17) is 0 Å². The summed E-state index contributed by atoms with van der Waals surface area (Å²) in [4.78, 5) is 0. The molecule has 0 bridgehead atoms. The molecule has 0 fully saturated rings. The number of hydrogen-bond acceptors (Lipinski definition) is 0. The van der Waals surface area contributed by atoms with Crippen molar-refractivity contribution >= 4 is 17.9 Å². The molecule has 0 unspecified atom stereocenters. The summed E-state index contributed by atoms with van der Waals surface area (Å²) >= 11 is 0. The minimum Gasteiger partial charge on any atom is -0.0561 e. The van der Waals surface area contributed by atoms with Crippen LogP contribution in [-0.2, 0) is 0 Å². The molecule has 0 aliphatic rings. The highest BCUT2D eigenvalue weighted by molar-refractivity contribution is 7.89. The van der Waals surface area contributed by atoms with Gasteiger partial charge in [0.1, 0.15) is 0 Å². The highest BCUT2D eigenvalue weighted by Gasteiger charge is 2.39. The van der Waals surface area contributed by atoms with E-state index in [0.717, 1.165) is 0 Å². The molecule has 2 aromatic rings. The van der Waals surface area contributed by atoms with Gasteiger partial charge >= 0.3 is 0 Å². The first-order valence-corrected chi connectivity index (χ1v) is 10.1. The molecular weight excluding hydrogens is 271 g/mol. The van der Waals surface area contributed by atoms with Gasteiger partial charge in [0.15, 0.2) is 0 Å². The van der Waals surface area contributed by atoms with Crippen LogP contribution in [0.4, 0.5) is 0 Å². The van der Waals surface area contributed by atoms with Gasteiger partial charge in [0, 0.05) is 0 Å². The van der Waals surface area contributed by atoms with Crippen LogP contribution >= 0.6 is 7.26 Å². The molecule has 0 amide bonds. The summed E-state index contributed by atoms with van der Waals surface area (Å²) < 4.78 is 0. The van der Waals surface area contributed by atoms with Crippen molar-refractivity contribution in [2.24, 2.45) is 0 Å². The lowest BCUT2D eigenvalue weighted by molar-refractivity contribution is 1.36. The first-order chi connectivity index (χ1) is 9.91. The highest BCUT2D eigenvalue weighted by atomic mass is 31.2. The van der Waals surface area contributed by atoms with Crippen LogP contribution in [0.15, 0.2) is 36.4 Å². The Labute approximate surface area is 130 Å². The molecule has 0 nitrogen and oxygen atoms in total. The largest absolute Gasteiger partial charge is 0.0996 e. The van der Waals surface area contributed by atoms with E-state index in [9.17, 15) is 0 Å². The van der Waals surface area contributed by atoms with Crippen molar-refractivity contribution < 1.29 is 0 Å². The SMILES string of the molecule is CC[P+](CC)(c1cc(C)cc(C)c1)c1cc(C)cc(C)c1. The summed E-state index contributed by atoms with van der Waals surface area (Å²) in [5.41, 5.74) is 5.56. The maximum absolute atomic E-state index is 2.42. The molecule has 0 radical (unpaired) electrons. The quantitative estimate of drug-likeness (QED) is 0.702. The van der Waals surface area contributed by atoms with Gasteiger partial charge in [-0.1, -0.05) is 12.1 Å². The summed E-state index contributed by atoms with van der Waals surface area (Å²) in [6.45, 7) is 13.6. The zero-order chi connectivity index (χ0) is 15.6. The fourth-order valence-corrected chi connectivity index (χ4v) is 7.51. The molecular formula is C20H28P+. The van der Waals surface area contributed by atoms with E-state index in [0.29, 0.717) is 0 Å². The van der Waals surface area contributed by atoms with E-state index in [-0.39, 0.29) is 0 Å². The molecule has 0 aliphatic carbocycles. The van der Waals surface area contributed by atoms with E-state index in [1.54, 1.807) is 10.6 Å². The predicted octanol–water partition coefficient (Wildman–Crippen LogP) is 4.93. The summed E-state index contributed by atoms with van der Waals surface area (Å²) in [7, 11) is -1.27. The van der Waals surface area contributed by atoms with E-state index in [1.807, 2.05) is 0 Å². The Morgan fingerprint density at radius 1 is 0.571 bits per heavy atom. The molecule has 112 valence electrons. The molecule has 0 N–H and O–H groups in total. The molecule has 0 heterocycles. The zero-order valence-corrected chi connectivity index (χ0v) is 15.2. The van der Waals surface area contributed by atoms with Crippen molar-refractivity contribution in [3.8, 4) is 0 Å². The Balaban J connectivity index is 2.69. The maximum Gasteiger partial charge on any atom is 0.0996 e. The zero-order valence-electron chi connectivity index (χ0n) is 14.3. The number of aryl methyl sites for hydroxylation is 4. The normalized spacial score (nSPS) is 11.7. The third kappa shape index (κ3) is 3.22. The van der Waals surface area contributed by atoms with Crippen molar-refractivity contribution in [3.05, 3.63) is 58.7 Å². The van der Waals surface area contributed by atoms with Gasteiger partial charge in [0.05, 0.1) is 30.2 Å². The van der Waals surface area contributed by atoms with Gasteiger partial charge in [-0.3, -0.25) is 0 Å². The van der Waals surface area contributed by atoms with E-state index in [2.05, 4.69) is 77.9 Å². The van der Waals surface area contributed by atoms with Gasteiger partial charge in [-0.15, -0.1) is 0 Å². The third-order valence-electron chi connectivity index (χ3n) is 4.48. The molecule has 0 atom stereocenters. The smallest absolute Gasteiger partial charge is 0.0561 e. The molecule has 2 aromatic carbocycles. The summed E-state index contributed by atoms with van der Waals surface area (Å²) in [5, 5.41) is 3.16. The van der Waals surface area contributed by atoms with Gasteiger partial charge < -0.3 is 0 Å². The van der Waals surface area contributed by atoms with Crippen molar-refractivity contribution in [1.29, 1.82) is 0 Å². The Morgan fingerprint density at radius 3 is 1.10 bits per heavy atom. The second-order valence-corrected chi connectivity index (χ2v) is 10.5. The van der Waals surface area contributed by atoms with Crippen molar-refractivity contribution in [2.75, 3.05) is 12.3 Å².